The molecule has 1 aromatic carbocycles. The first-order chi connectivity index (χ1) is 8.11. The van der Waals surface area contributed by atoms with Gasteiger partial charge in [-0.3, -0.25) is 0 Å². The van der Waals surface area contributed by atoms with Gasteiger partial charge < -0.3 is 10.1 Å². The number of hydrogen-bond acceptors (Lipinski definition) is 2. The summed E-state index contributed by atoms with van der Waals surface area (Å²) in [4.78, 5) is 0. The van der Waals surface area contributed by atoms with Crippen LogP contribution in [0.5, 0.6) is 5.75 Å². The highest BCUT2D eigenvalue weighted by molar-refractivity contribution is 6.32. The lowest BCUT2D eigenvalue weighted by atomic mass is 10.1. The molecule has 0 aromatic heterocycles. The summed E-state index contributed by atoms with van der Waals surface area (Å²) < 4.78 is 18.6. The predicted octanol–water partition coefficient (Wildman–Crippen LogP) is 3.49. The van der Waals surface area contributed by atoms with E-state index in [9.17, 15) is 4.39 Å². The van der Waals surface area contributed by atoms with Gasteiger partial charge in [-0.1, -0.05) is 31.5 Å². The van der Waals surface area contributed by atoms with Crippen LogP contribution in [0.1, 0.15) is 20.3 Å². The van der Waals surface area contributed by atoms with E-state index in [1.54, 1.807) is 12.1 Å². The van der Waals surface area contributed by atoms with Gasteiger partial charge >= 0.3 is 0 Å². The summed E-state index contributed by atoms with van der Waals surface area (Å²) >= 11 is 5.83. The van der Waals surface area contributed by atoms with Crippen LogP contribution in [0.2, 0.25) is 5.02 Å². The van der Waals surface area contributed by atoms with Gasteiger partial charge in [0.2, 0.25) is 0 Å². The molecule has 0 aliphatic heterocycles. The monoisotopic (exact) mass is 259 g/mol. The summed E-state index contributed by atoms with van der Waals surface area (Å²) in [6.45, 7) is 6.41. The normalized spacial score (nSPS) is 10.9. The Kier molecular flexibility index (Phi) is 6.30. The van der Waals surface area contributed by atoms with Crippen LogP contribution < -0.4 is 10.1 Å². The molecule has 0 amide bonds. The van der Waals surface area contributed by atoms with Crippen molar-refractivity contribution in [3.63, 3.8) is 0 Å². The third kappa shape index (κ3) is 5.37. The maximum absolute atomic E-state index is 13.3. The van der Waals surface area contributed by atoms with E-state index in [4.69, 9.17) is 16.3 Å². The molecule has 0 atom stereocenters. The lowest BCUT2D eigenvalue weighted by molar-refractivity contribution is 0.297. The zero-order valence-corrected chi connectivity index (χ0v) is 11.1. The molecule has 0 aliphatic carbocycles. The van der Waals surface area contributed by atoms with Crippen LogP contribution in [0.15, 0.2) is 18.2 Å². The third-order valence-electron chi connectivity index (χ3n) is 2.34. The molecule has 4 heteroatoms. The molecule has 0 radical (unpaired) electrons. The van der Waals surface area contributed by atoms with E-state index in [0.29, 0.717) is 24.1 Å². The Labute approximate surface area is 107 Å². The van der Waals surface area contributed by atoms with Crippen LogP contribution in [-0.4, -0.2) is 19.7 Å². The number of halogens is 2. The van der Waals surface area contributed by atoms with E-state index in [-0.39, 0.29) is 5.75 Å². The van der Waals surface area contributed by atoms with Crippen molar-refractivity contribution in [3.8, 4) is 5.75 Å². The summed E-state index contributed by atoms with van der Waals surface area (Å²) in [6, 6.07) is 4.52. The lowest BCUT2D eigenvalue weighted by Gasteiger charge is -2.10. The molecule has 0 saturated heterocycles. The first-order valence-corrected chi connectivity index (χ1v) is 6.26. The van der Waals surface area contributed by atoms with Crippen molar-refractivity contribution in [1.29, 1.82) is 0 Å². The molecule has 96 valence electrons. The summed E-state index contributed by atoms with van der Waals surface area (Å²) in [5.41, 5.74) is 0. The van der Waals surface area contributed by atoms with E-state index in [1.807, 2.05) is 0 Å². The molecule has 0 spiro atoms. The molecule has 0 heterocycles. The summed E-state index contributed by atoms with van der Waals surface area (Å²) in [7, 11) is 0. The Morgan fingerprint density at radius 2 is 2.12 bits per heavy atom. The maximum atomic E-state index is 13.3. The standard InChI is InChI=1S/C13H19ClFNO/c1-10(2)6-7-16-8-9-17-13-11(14)4-3-5-12(13)15/h3-5,10,16H,6-9H2,1-2H3. The summed E-state index contributed by atoms with van der Waals surface area (Å²) in [5.74, 6) is 0.406. The van der Waals surface area contributed by atoms with Crippen LogP contribution in [0.4, 0.5) is 4.39 Å². The number of para-hydroxylation sites is 1. The highest BCUT2D eigenvalue weighted by atomic mass is 35.5. The number of nitrogens with one attached hydrogen (secondary N) is 1. The SMILES string of the molecule is CC(C)CCNCCOc1c(F)cccc1Cl. The molecule has 0 aliphatic rings. The molecule has 17 heavy (non-hydrogen) atoms. The minimum absolute atomic E-state index is 0.139. The molecule has 1 aromatic rings. The minimum Gasteiger partial charge on any atom is -0.488 e. The van der Waals surface area contributed by atoms with Gasteiger partial charge in [-0.2, -0.15) is 0 Å². The molecule has 0 unspecified atom stereocenters. The molecule has 0 bridgehead atoms. The van der Waals surface area contributed by atoms with Crippen LogP contribution in [0, 0.1) is 11.7 Å². The van der Waals surface area contributed by atoms with E-state index >= 15 is 0 Å². The second-order valence-electron chi connectivity index (χ2n) is 4.33. The Morgan fingerprint density at radius 1 is 1.35 bits per heavy atom. The Morgan fingerprint density at radius 3 is 2.76 bits per heavy atom. The van der Waals surface area contributed by atoms with Gasteiger partial charge in [0.05, 0.1) is 5.02 Å². The molecular formula is C13H19ClFNO. The second-order valence-corrected chi connectivity index (χ2v) is 4.74. The summed E-state index contributed by atoms with van der Waals surface area (Å²) in [5, 5.41) is 3.55. The minimum atomic E-state index is -0.417. The molecular weight excluding hydrogens is 241 g/mol. The average molecular weight is 260 g/mol. The molecule has 0 fully saturated rings. The van der Waals surface area contributed by atoms with Gasteiger partial charge in [0.15, 0.2) is 11.6 Å². The van der Waals surface area contributed by atoms with Crippen LogP contribution in [0.3, 0.4) is 0 Å². The fourth-order valence-corrected chi connectivity index (χ4v) is 1.58. The number of ether oxygens (including phenoxy) is 1. The van der Waals surface area contributed by atoms with Gasteiger partial charge in [0, 0.05) is 6.54 Å². The largest absolute Gasteiger partial charge is 0.488 e. The third-order valence-corrected chi connectivity index (χ3v) is 2.64. The quantitative estimate of drug-likeness (QED) is 0.757. The predicted molar refractivity (Wildman–Crippen MR) is 69.2 cm³/mol. The number of rotatable bonds is 7. The molecule has 2 nitrogen and oxygen atoms in total. The van der Waals surface area contributed by atoms with Crippen molar-refractivity contribution in [3.05, 3.63) is 29.0 Å². The van der Waals surface area contributed by atoms with E-state index < -0.39 is 5.82 Å². The molecule has 1 N–H and O–H groups in total. The van der Waals surface area contributed by atoms with Crippen molar-refractivity contribution >= 4 is 11.6 Å². The highest BCUT2D eigenvalue weighted by Crippen LogP contribution is 2.26. The average Bonchev–Trinajstić information content (AvgIpc) is 2.26. The van der Waals surface area contributed by atoms with Gasteiger partial charge in [-0.15, -0.1) is 0 Å². The van der Waals surface area contributed by atoms with Crippen LogP contribution in [0.25, 0.3) is 0 Å². The number of hydrogen-bond donors (Lipinski definition) is 1. The van der Waals surface area contributed by atoms with Crippen molar-refractivity contribution in [2.75, 3.05) is 19.7 Å². The lowest BCUT2D eigenvalue weighted by Crippen LogP contribution is -2.23. The van der Waals surface area contributed by atoms with Gasteiger partial charge in [0.25, 0.3) is 0 Å². The Hall–Kier alpha value is -0.800. The van der Waals surface area contributed by atoms with Gasteiger partial charge in [0.1, 0.15) is 6.61 Å². The first-order valence-electron chi connectivity index (χ1n) is 5.88. The fraction of sp³-hybridized carbons (Fsp3) is 0.538. The van der Waals surface area contributed by atoms with Crippen molar-refractivity contribution in [2.45, 2.75) is 20.3 Å². The smallest absolute Gasteiger partial charge is 0.173 e. The van der Waals surface area contributed by atoms with Gasteiger partial charge in [-0.25, -0.2) is 4.39 Å². The summed E-state index contributed by atoms with van der Waals surface area (Å²) in [6.07, 6.45) is 1.13. The number of benzene rings is 1. The van der Waals surface area contributed by atoms with E-state index in [0.717, 1.165) is 13.0 Å². The van der Waals surface area contributed by atoms with Gasteiger partial charge in [-0.05, 0) is 31.0 Å². The Bertz CT molecular complexity index is 324. The molecule has 1 rings (SSSR count). The van der Waals surface area contributed by atoms with Crippen molar-refractivity contribution in [2.24, 2.45) is 5.92 Å². The second kappa shape index (κ2) is 7.51. The van der Waals surface area contributed by atoms with Crippen molar-refractivity contribution < 1.29 is 9.13 Å². The molecule has 0 saturated carbocycles. The highest BCUT2D eigenvalue weighted by Gasteiger charge is 2.07. The first kappa shape index (κ1) is 14.3. The zero-order valence-electron chi connectivity index (χ0n) is 10.3. The Balaban J connectivity index is 2.22. The maximum Gasteiger partial charge on any atom is 0.173 e. The van der Waals surface area contributed by atoms with E-state index in [1.165, 1.54) is 6.07 Å². The van der Waals surface area contributed by atoms with Crippen LogP contribution in [-0.2, 0) is 0 Å². The van der Waals surface area contributed by atoms with Crippen LogP contribution >= 0.6 is 11.6 Å². The topological polar surface area (TPSA) is 21.3 Å². The van der Waals surface area contributed by atoms with E-state index in [2.05, 4.69) is 19.2 Å². The van der Waals surface area contributed by atoms with Crippen molar-refractivity contribution in [1.82, 2.24) is 5.32 Å². The zero-order chi connectivity index (χ0) is 12.7. The fourth-order valence-electron chi connectivity index (χ4n) is 1.36.